The zero-order chi connectivity index (χ0) is 18.2. The lowest BCUT2D eigenvalue weighted by Gasteiger charge is -2.28. The van der Waals surface area contributed by atoms with Crippen molar-refractivity contribution in [1.82, 2.24) is 5.32 Å². The largest absolute Gasteiger partial charge is 0.513 e. The van der Waals surface area contributed by atoms with E-state index in [1.807, 2.05) is 0 Å². The van der Waals surface area contributed by atoms with Gasteiger partial charge < -0.3 is 19.9 Å². The molecule has 1 aliphatic carbocycles. The van der Waals surface area contributed by atoms with Crippen LogP contribution in [0, 0.1) is 11.8 Å². The van der Waals surface area contributed by atoms with Crippen molar-refractivity contribution in [3.8, 4) is 5.75 Å². The summed E-state index contributed by atoms with van der Waals surface area (Å²) < 4.78 is 9.60. The summed E-state index contributed by atoms with van der Waals surface area (Å²) in [4.78, 5) is 34.7. The number of carboxylic acids is 1. The number of rotatable bonds is 6. The molecule has 1 aliphatic rings. The van der Waals surface area contributed by atoms with Crippen LogP contribution in [0.5, 0.6) is 5.75 Å². The molecule has 2 atom stereocenters. The molecule has 0 unspecified atom stereocenters. The van der Waals surface area contributed by atoms with Crippen LogP contribution in [0.3, 0.4) is 0 Å². The molecular weight excluding hydrogens is 326 g/mol. The van der Waals surface area contributed by atoms with Gasteiger partial charge in [0, 0.05) is 12.1 Å². The highest BCUT2D eigenvalue weighted by Crippen LogP contribution is 2.29. The Hall–Kier alpha value is -2.57. The molecule has 1 aromatic carbocycles. The van der Waals surface area contributed by atoms with Crippen LogP contribution in [0.4, 0.5) is 4.79 Å². The van der Waals surface area contributed by atoms with E-state index in [2.05, 4.69) is 10.1 Å². The van der Waals surface area contributed by atoms with Gasteiger partial charge >= 0.3 is 12.1 Å². The normalized spacial score (nSPS) is 19.7. The van der Waals surface area contributed by atoms with Gasteiger partial charge in [0.1, 0.15) is 5.75 Å². The highest BCUT2D eigenvalue weighted by Gasteiger charge is 2.30. The van der Waals surface area contributed by atoms with Gasteiger partial charge in [-0.1, -0.05) is 12.8 Å². The summed E-state index contributed by atoms with van der Waals surface area (Å²) >= 11 is 0. The van der Waals surface area contributed by atoms with E-state index in [1.54, 1.807) is 19.1 Å². The minimum atomic E-state index is -0.795. The van der Waals surface area contributed by atoms with Crippen molar-refractivity contribution in [1.29, 1.82) is 0 Å². The van der Waals surface area contributed by atoms with Crippen molar-refractivity contribution in [3.05, 3.63) is 29.8 Å². The fraction of sp³-hybridized carbons (Fsp3) is 0.500. The first kappa shape index (κ1) is 18.8. The fourth-order valence-electron chi connectivity index (χ4n) is 3.02. The Labute approximate surface area is 146 Å². The number of carboxylic acid groups (broad SMARTS) is 1. The van der Waals surface area contributed by atoms with Gasteiger partial charge in [0.15, 0.2) is 0 Å². The third-order valence-electron chi connectivity index (χ3n) is 4.33. The van der Waals surface area contributed by atoms with Gasteiger partial charge in [-0.2, -0.15) is 0 Å². The minimum Gasteiger partial charge on any atom is -0.481 e. The number of aliphatic carboxylic acids is 1. The highest BCUT2D eigenvalue weighted by atomic mass is 16.7. The van der Waals surface area contributed by atoms with E-state index >= 15 is 0 Å². The molecule has 0 bridgehead atoms. The van der Waals surface area contributed by atoms with Crippen LogP contribution in [0.25, 0.3) is 0 Å². The zero-order valence-electron chi connectivity index (χ0n) is 14.2. The standard InChI is InChI=1S/C18H23NO6/c1-2-24-18(23)25-14-9-7-12(8-10-14)16(20)19-11-13-5-3-4-6-15(13)17(21)22/h7-10,13,15H,2-6,11H2,1H3,(H,19,20)(H,21,22)/t13-,15-/m0/s1. The maximum absolute atomic E-state index is 12.2. The molecule has 0 heterocycles. The van der Waals surface area contributed by atoms with Crippen molar-refractivity contribution >= 4 is 18.0 Å². The van der Waals surface area contributed by atoms with Crippen molar-refractivity contribution in [3.63, 3.8) is 0 Å². The van der Waals surface area contributed by atoms with Gasteiger partial charge in [-0.05, 0) is 49.9 Å². The van der Waals surface area contributed by atoms with Gasteiger partial charge in [0.2, 0.25) is 0 Å². The molecule has 1 aromatic rings. The molecule has 7 heteroatoms. The SMILES string of the molecule is CCOC(=O)Oc1ccc(C(=O)NC[C@@H]2CCCC[C@@H]2C(=O)O)cc1. The summed E-state index contributed by atoms with van der Waals surface area (Å²) in [5.74, 6) is -1.22. The van der Waals surface area contributed by atoms with Crippen molar-refractivity contribution in [2.24, 2.45) is 11.8 Å². The average molecular weight is 349 g/mol. The van der Waals surface area contributed by atoms with Crippen LogP contribution in [-0.4, -0.2) is 36.3 Å². The number of amides is 1. The molecule has 7 nitrogen and oxygen atoms in total. The van der Waals surface area contributed by atoms with Crippen molar-refractivity contribution in [2.45, 2.75) is 32.6 Å². The summed E-state index contributed by atoms with van der Waals surface area (Å²) in [6.07, 6.45) is 2.59. The lowest BCUT2D eigenvalue weighted by molar-refractivity contribution is -0.144. The second kappa shape index (κ2) is 9.05. The number of carbonyl (C=O) groups excluding carboxylic acids is 2. The minimum absolute atomic E-state index is 0.0402. The Bertz CT molecular complexity index is 612. The second-order valence-electron chi connectivity index (χ2n) is 6.01. The lowest BCUT2D eigenvalue weighted by atomic mass is 9.79. The number of hydrogen-bond donors (Lipinski definition) is 2. The number of carbonyl (C=O) groups is 3. The van der Waals surface area contributed by atoms with Crippen LogP contribution >= 0.6 is 0 Å². The van der Waals surface area contributed by atoms with E-state index in [4.69, 9.17) is 4.74 Å². The molecule has 136 valence electrons. The van der Waals surface area contributed by atoms with E-state index in [0.29, 0.717) is 18.5 Å². The molecule has 0 aromatic heterocycles. The second-order valence-corrected chi connectivity index (χ2v) is 6.01. The first-order chi connectivity index (χ1) is 12.0. The Morgan fingerprint density at radius 2 is 1.84 bits per heavy atom. The van der Waals surface area contributed by atoms with E-state index in [-0.39, 0.29) is 24.2 Å². The third kappa shape index (κ3) is 5.48. The van der Waals surface area contributed by atoms with E-state index < -0.39 is 18.0 Å². The molecule has 0 radical (unpaired) electrons. The summed E-state index contributed by atoms with van der Waals surface area (Å²) in [5, 5.41) is 12.1. The van der Waals surface area contributed by atoms with Crippen molar-refractivity contribution in [2.75, 3.05) is 13.2 Å². The molecule has 0 spiro atoms. The molecule has 0 saturated heterocycles. The van der Waals surface area contributed by atoms with E-state index in [0.717, 1.165) is 19.3 Å². The quantitative estimate of drug-likeness (QED) is 0.605. The Balaban J connectivity index is 1.88. The van der Waals surface area contributed by atoms with Crippen LogP contribution in [0.15, 0.2) is 24.3 Å². The number of nitrogens with one attached hydrogen (secondary N) is 1. The lowest BCUT2D eigenvalue weighted by Crippen LogP contribution is -2.37. The van der Waals surface area contributed by atoms with E-state index in [1.165, 1.54) is 12.1 Å². The van der Waals surface area contributed by atoms with Gasteiger partial charge in [0.25, 0.3) is 5.91 Å². The van der Waals surface area contributed by atoms with Crippen LogP contribution in [0.1, 0.15) is 43.0 Å². The molecule has 1 fully saturated rings. The average Bonchev–Trinajstić information content (AvgIpc) is 2.60. The first-order valence-electron chi connectivity index (χ1n) is 8.47. The Morgan fingerprint density at radius 1 is 1.16 bits per heavy atom. The molecular formula is C18H23NO6. The van der Waals surface area contributed by atoms with Crippen LogP contribution < -0.4 is 10.1 Å². The molecule has 0 aliphatic heterocycles. The Kier molecular flexibility index (Phi) is 6.80. The van der Waals surface area contributed by atoms with E-state index in [9.17, 15) is 19.5 Å². The monoisotopic (exact) mass is 349 g/mol. The first-order valence-corrected chi connectivity index (χ1v) is 8.47. The summed E-state index contributed by atoms with van der Waals surface area (Å²) in [5.41, 5.74) is 0.416. The molecule has 1 amide bonds. The van der Waals surface area contributed by atoms with Crippen LogP contribution in [-0.2, 0) is 9.53 Å². The van der Waals surface area contributed by atoms with Crippen LogP contribution in [0.2, 0.25) is 0 Å². The number of benzene rings is 1. The molecule has 2 rings (SSSR count). The smallest absolute Gasteiger partial charge is 0.481 e. The topological polar surface area (TPSA) is 102 Å². The highest BCUT2D eigenvalue weighted by molar-refractivity contribution is 5.94. The van der Waals surface area contributed by atoms with Gasteiger partial charge in [-0.15, -0.1) is 0 Å². The number of hydrogen-bond acceptors (Lipinski definition) is 5. The number of ether oxygens (including phenoxy) is 2. The molecule has 1 saturated carbocycles. The predicted octanol–water partition coefficient (Wildman–Crippen LogP) is 2.84. The summed E-state index contributed by atoms with van der Waals surface area (Å²) in [7, 11) is 0. The predicted molar refractivity (Wildman–Crippen MR) is 89.5 cm³/mol. The summed E-state index contributed by atoms with van der Waals surface area (Å²) in [6, 6.07) is 6.10. The van der Waals surface area contributed by atoms with Gasteiger partial charge in [0.05, 0.1) is 12.5 Å². The molecule has 25 heavy (non-hydrogen) atoms. The zero-order valence-corrected chi connectivity index (χ0v) is 14.2. The maximum Gasteiger partial charge on any atom is 0.513 e. The maximum atomic E-state index is 12.2. The third-order valence-corrected chi connectivity index (χ3v) is 4.33. The van der Waals surface area contributed by atoms with Gasteiger partial charge in [-0.25, -0.2) is 4.79 Å². The van der Waals surface area contributed by atoms with Gasteiger partial charge in [-0.3, -0.25) is 9.59 Å². The molecule has 2 N–H and O–H groups in total. The Morgan fingerprint density at radius 3 is 2.48 bits per heavy atom. The summed E-state index contributed by atoms with van der Waals surface area (Å²) in [6.45, 7) is 2.24. The fourth-order valence-corrected chi connectivity index (χ4v) is 3.02. The van der Waals surface area contributed by atoms with Crippen molar-refractivity contribution < 1.29 is 29.0 Å².